The largest absolute Gasteiger partial charge is 0.310 e. The van der Waals surface area contributed by atoms with E-state index in [4.69, 9.17) is 0 Å². The molecule has 26 heavy (non-hydrogen) atoms. The lowest BCUT2D eigenvalue weighted by atomic mass is 9.55. The molecule has 1 heterocycles. The van der Waals surface area contributed by atoms with Crippen LogP contribution in [0.3, 0.4) is 0 Å². The van der Waals surface area contributed by atoms with Crippen LogP contribution in [0.25, 0.3) is 0 Å². The van der Waals surface area contributed by atoms with Crippen LogP contribution in [0.15, 0.2) is 23.8 Å². The van der Waals surface area contributed by atoms with Gasteiger partial charge in [0.05, 0.1) is 5.75 Å². The van der Waals surface area contributed by atoms with Crippen molar-refractivity contribution in [3.8, 4) is 0 Å². The first-order chi connectivity index (χ1) is 12.4. The van der Waals surface area contributed by atoms with E-state index >= 15 is 0 Å². The second-order valence-corrected chi connectivity index (χ2v) is 10.5. The molecule has 0 aromatic carbocycles. The summed E-state index contributed by atoms with van der Waals surface area (Å²) in [7, 11) is -4.05. The van der Waals surface area contributed by atoms with Crippen LogP contribution < -0.4 is 5.32 Å². The van der Waals surface area contributed by atoms with Gasteiger partial charge in [0, 0.05) is 24.3 Å². The second kappa shape index (κ2) is 6.01. The zero-order valence-corrected chi connectivity index (χ0v) is 15.7. The third-order valence-corrected chi connectivity index (χ3v) is 8.74. The summed E-state index contributed by atoms with van der Waals surface area (Å²) in [6.07, 6.45) is 11.3. The van der Waals surface area contributed by atoms with Crippen molar-refractivity contribution in [1.29, 1.82) is 0 Å². The number of ketones is 1. The van der Waals surface area contributed by atoms with Gasteiger partial charge in [-0.05, 0) is 54.5 Å². The third kappa shape index (κ3) is 2.56. The monoisotopic (exact) mass is 377 g/mol. The number of allylic oxidation sites excluding steroid dienone is 3. The predicted molar refractivity (Wildman–Crippen MR) is 98.0 cm³/mol. The van der Waals surface area contributed by atoms with Gasteiger partial charge in [-0.25, -0.2) is 0 Å². The van der Waals surface area contributed by atoms with Gasteiger partial charge >= 0.3 is 0 Å². The molecule has 0 aromatic heterocycles. The molecule has 0 aromatic rings. The number of piperidine rings is 1. The summed E-state index contributed by atoms with van der Waals surface area (Å²) in [4.78, 5) is 12.9. The van der Waals surface area contributed by atoms with E-state index in [0.717, 1.165) is 25.8 Å². The van der Waals surface area contributed by atoms with Gasteiger partial charge in [0.1, 0.15) is 5.78 Å². The van der Waals surface area contributed by atoms with Crippen molar-refractivity contribution >= 4 is 15.9 Å². The SMILES string of the molecule is O=C1CC2C(CNC3C4=CC=CC4C(CS(=O)(=O)O)C32)C2CCCCC12. The zero-order valence-electron chi connectivity index (χ0n) is 14.9. The maximum Gasteiger partial charge on any atom is 0.265 e. The number of carbonyl (C=O) groups excluding carboxylic acids is 1. The molecule has 0 radical (unpaired) electrons. The first-order valence-electron chi connectivity index (χ1n) is 10.0. The molecule has 1 aliphatic heterocycles. The van der Waals surface area contributed by atoms with Gasteiger partial charge in [0.2, 0.25) is 0 Å². The van der Waals surface area contributed by atoms with E-state index in [9.17, 15) is 17.8 Å². The molecule has 5 nitrogen and oxygen atoms in total. The normalized spacial score (nSPS) is 47.0. The average molecular weight is 378 g/mol. The fourth-order valence-corrected chi connectivity index (χ4v) is 8.02. The van der Waals surface area contributed by atoms with Crippen molar-refractivity contribution in [1.82, 2.24) is 5.32 Å². The Labute approximate surface area is 155 Å². The maximum absolute atomic E-state index is 12.9. The van der Waals surface area contributed by atoms with Gasteiger partial charge in [0.15, 0.2) is 0 Å². The van der Waals surface area contributed by atoms with E-state index in [1.54, 1.807) is 0 Å². The number of Topliss-reactive ketones (excluding diaryl/α,β-unsaturated/α-hetero) is 1. The molecule has 3 saturated carbocycles. The van der Waals surface area contributed by atoms with Gasteiger partial charge in [-0.15, -0.1) is 0 Å². The van der Waals surface area contributed by atoms with Crippen molar-refractivity contribution in [2.24, 2.45) is 41.4 Å². The Balaban J connectivity index is 1.51. The molecular weight excluding hydrogens is 350 g/mol. The molecule has 0 bridgehead atoms. The number of hydrogen-bond donors (Lipinski definition) is 2. The maximum atomic E-state index is 12.9. The lowest BCUT2D eigenvalue weighted by Crippen LogP contribution is -2.57. The van der Waals surface area contributed by atoms with Crippen LogP contribution in [0.4, 0.5) is 0 Å². The minimum absolute atomic E-state index is 0.0809. The number of fused-ring (bicyclic) bond motifs is 7. The molecule has 8 unspecified atom stereocenters. The lowest BCUT2D eigenvalue weighted by molar-refractivity contribution is -0.136. The highest BCUT2D eigenvalue weighted by Crippen LogP contribution is 2.57. The number of hydrogen-bond acceptors (Lipinski definition) is 4. The van der Waals surface area contributed by atoms with E-state index in [2.05, 4.69) is 17.5 Å². The first kappa shape index (κ1) is 17.1. The lowest BCUT2D eigenvalue weighted by Gasteiger charge is -2.52. The number of nitrogens with one attached hydrogen (secondary N) is 1. The van der Waals surface area contributed by atoms with Crippen LogP contribution in [0, 0.1) is 41.4 Å². The third-order valence-electron chi connectivity index (χ3n) is 7.93. The van der Waals surface area contributed by atoms with Crippen molar-refractivity contribution in [2.45, 2.75) is 38.1 Å². The standard InChI is InChI=1S/C20H27NO4S/c22-18-8-15-16(11-4-1-2-5-13(11)18)9-21-20-14-7-3-6-12(14)17(19(15)20)10-26(23,24)25/h3,6-7,11-13,15-17,19-21H,1-2,4-5,8-10H2,(H,23,24,25). The van der Waals surface area contributed by atoms with Crippen LogP contribution in [0.1, 0.15) is 32.1 Å². The molecule has 5 rings (SSSR count). The minimum Gasteiger partial charge on any atom is -0.310 e. The number of rotatable bonds is 2. The highest BCUT2D eigenvalue weighted by molar-refractivity contribution is 7.85. The van der Waals surface area contributed by atoms with Gasteiger partial charge in [-0.2, -0.15) is 8.42 Å². The van der Waals surface area contributed by atoms with Crippen molar-refractivity contribution in [2.75, 3.05) is 12.3 Å². The Hall–Kier alpha value is -0.980. The quantitative estimate of drug-likeness (QED) is 0.721. The van der Waals surface area contributed by atoms with Crippen LogP contribution in [-0.4, -0.2) is 37.1 Å². The summed E-state index contributed by atoms with van der Waals surface area (Å²) in [6, 6.07) is 0.149. The van der Waals surface area contributed by atoms with Crippen molar-refractivity contribution in [3.05, 3.63) is 23.8 Å². The Morgan fingerprint density at radius 1 is 1.15 bits per heavy atom. The molecule has 0 spiro atoms. The molecular formula is C20H27NO4S. The summed E-state index contributed by atoms with van der Waals surface area (Å²) in [5.41, 5.74) is 1.25. The molecule has 142 valence electrons. The van der Waals surface area contributed by atoms with Crippen LogP contribution in [0.2, 0.25) is 0 Å². The Bertz CT molecular complexity index is 786. The summed E-state index contributed by atoms with van der Waals surface area (Å²) in [6.45, 7) is 0.933. The fourth-order valence-electron chi connectivity index (χ4n) is 7.11. The molecule has 5 aliphatic rings. The fraction of sp³-hybridized carbons (Fsp3) is 0.750. The summed E-state index contributed by atoms with van der Waals surface area (Å²) >= 11 is 0. The second-order valence-electron chi connectivity index (χ2n) is 9.01. The summed E-state index contributed by atoms with van der Waals surface area (Å²) in [5.74, 6) is 1.68. The highest BCUT2D eigenvalue weighted by Gasteiger charge is 2.58. The Morgan fingerprint density at radius 2 is 1.96 bits per heavy atom. The van der Waals surface area contributed by atoms with E-state index in [0.29, 0.717) is 24.0 Å². The van der Waals surface area contributed by atoms with Crippen LogP contribution in [-0.2, 0) is 14.9 Å². The summed E-state index contributed by atoms with van der Waals surface area (Å²) < 4.78 is 33.0. The molecule has 4 fully saturated rings. The molecule has 4 aliphatic carbocycles. The average Bonchev–Trinajstić information content (AvgIpc) is 3.17. The summed E-state index contributed by atoms with van der Waals surface area (Å²) in [5, 5.41) is 3.72. The van der Waals surface area contributed by atoms with Crippen molar-refractivity contribution in [3.63, 3.8) is 0 Å². The first-order valence-corrected chi connectivity index (χ1v) is 11.6. The Kier molecular flexibility index (Phi) is 3.96. The smallest absolute Gasteiger partial charge is 0.265 e. The van der Waals surface area contributed by atoms with Crippen LogP contribution >= 0.6 is 0 Å². The molecule has 6 heteroatoms. The van der Waals surface area contributed by atoms with Gasteiger partial charge in [0.25, 0.3) is 10.1 Å². The van der Waals surface area contributed by atoms with E-state index in [-0.39, 0.29) is 41.4 Å². The number of carbonyl (C=O) groups is 1. The highest BCUT2D eigenvalue weighted by atomic mass is 32.2. The molecule has 2 N–H and O–H groups in total. The van der Waals surface area contributed by atoms with E-state index in [1.165, 1.54) is 12.0 Å². The zero-order chi connectivity index (χ0) is 18.1. The predicted octanol–water partition coefficient (Wildman–Crippen LogP) is 2.22. The van der Waals surface area contributed by atoms with Crippen molar-refractivity contribution < 1.29 is 17.8 Å². The topological polar surface area (TPSA) is 83.5 Å². The van der Waals surface area contributed by atoms with Gasteiger partial charge in [-0.1, -0.05) is 31.1 Å². The molecule has 8 atom stereocenters. The minimum atomic E-state index is -4.05. The van der Waals surface area contributed by atoms with Gasteiger partial charge < -0.3 is 5.32 Å². The Morgan fingerprint density at radius 3 is 2.77 bits per heavy atom. The van der Waals surface area contributed by atoms with Crippen LogP contribution in [0.5, 0.6) is 0 Å². The van der Waals surface area contributed by atoms with Gasteiger partial charge in [-0.3, -0.25) is 9.35 Å². The molecule has 1 saturated heterocycles. The van der Waals surface area contributed by atoms with E-state index < -0.39 is 10.1 Å². The molecule has 0 amide bonds. The van der Waals surface area contributed by atoms with E-state index in [1.807, 2.05) is 6.08 Å².